The van der Waals surface area contributed by atoms with Crippen molar-refractivity contribution in [3.05, 3.63) is 0 Å². The molecule has 0 aliphatic carbocycles. The predicted molar refractivity (Wildman–Crippen MR) is 33.2 cm³/mol. The highest BCUT2D eigenvalue weighted by molar-refractivity contribution is 5.72. The van der Waals surface area contributed by atoms with Crippen LogP contribution in [0.2, 0.25) is 0 Å². The maximum atomic E-state index is 10.8. The van der Waals surface area contributed by atoms with E-state index in [4.69, 9.17) is 9.47 Å². The summed E-state index contributed by atoms with van der Waals surface area (Å²) in [5.41, 5.74) is -0.0139. The summed E-state index contributed by atoms with van der Waals surface area (Å²) in [4.78, 5) is 10.8. The van der Waals surface area contributed by atoms with E-state index in [0.717, 1.165) is 0 Å². The molecule has 0 N–H and O–H groups in total. The van der Waals surface area contributed by atoms with Gasteiger partial charge in [-0.3, -0.25) is 4.79 Å². The van der Waals surface area contributed by atoms with Gasteiger partial charge in [0.1, 0.15) is 6.10 Å². The molecule has 2 aliphatic rings. The number of esters is 1. The van der Waals surface area contributed by atoms with Crippen molar-refractivity contribution in [2.75, 3.05) is 0 Å². The monoisotopic (exact) mass is 142 g/mol. The zero-order valence-corrected chi connectivity index (χ0v) is 6.09. The largest absolute Gasteiger partial charge is 0.433 e. The van der Waals surface area contributed by atoms with Gasteiger partial charge in [-0.2, -0.15) is 0 Å². The average Bonchev–Trinajstić information content (AvgIpc) is 2.40. The summed E-state index contributed by atoms with van der Waals surface area (Å²) >= 11 is 0. The van der Waals surface area contributed by atoms with Crippen LogP contribution < -0.4 is 0 Å². The van der Waals surface area contributed by atoms with Gasteiger partial charge in [-0.05, 0) is 0 Å². The van der Waals surface area contributed by atoms with E-state index in [9.17, 15) is 4.79 Å². The Bertz CT molecular complexity index is 185. The van der Waals surface area contributed by atoms with Crippen LogP contribution in [-0.2, 0) is 14.3 Å². The number of carbonyl (C=O) groups is 1. The van der Waals surface area contributed by atoms with E-state index in [1.54, 1.807) is 0 Å². The lowest BCUT2D eigenvalue weighted by Crippen LogP contribution is -2.32. The van der Waals surface area contributed by atoms with Crippen LogP contribution in [0.3, 0.4) is 0 Å². The van der Waals surface area contributed by atoms with Crippen LogP contribution in [-0.4, -0.2) is 18.4 Å². The number of hydrogen-bond donors (Lipinski definition) is 0. The van der Waals surface area contributed by atoms with Crippen LogP contribution in [0.4, 0.5) is 0 Å². The molecule has 2 aliphatic heterocycles. The zero-order valence-electron chi connectivity index (χ0n) is 6.09. The number of ether oxygens (including phenoxy) is 2. The second-order valence-electron chi connectivity index (χ2n) is 3.58. The fraction of sp³-hybridized carbons (Fsp3) is 0.857. The molecule has 0 aromatic heterocycles. The molecule has 0 amide bonds. The first-order valence-electron chi connectivity index (χ1n) is 3.44. The van der Waals surface area contributed by atoms with Crippen molar-refractivity contribution in [3.8, 4) is 0 Å². The van der Waals surface area contributed by atoms with Gasteiger partial charge < -0.3 is 9.47 Å². The quantitative estimate of drug-likeness (QED) is 0.369. The minimum absolute atomic E-state index is 0.0139. The third kappa shape index (κ3) is 0.736. The molecule has 0 saturated carbocycles. The van der Waals surface area contributed by atoms with E-state index >= 15 is 0 Å². The van der Waals surface area contributed by atoms with Gasteiger partial charge in [0.2, 0.25) is 6.29 Å². The first-order chi connectivity index (χ1) is 4.59. The summed E-state index contributed by atoms with van der Waals surface area (Å²) in [7, 11) is 0. The molecular formula is C7H10O3. The summed E-state index contributed by atoms with van der Waals surface area (Å²) < 4.78 is 9.96. The third-order valence-electron chi connectivity index (χ3n) is 2.07. The Balaban J connectivity index is 2.17. The van der Waals surface area contributed by atoms with Gasteiger partial charge in [0.05, 0.1) is 6.42 Å². The number of rotatable bonds is 0. The van der Waals surface area contributed by atoms with E-state index < -0.39 is 0 Å². The maximum Gasteiger partial charge on any atom is 0.308 e. The van der Waals surface area contributed by atoms with Gasteiger partial charge in [0, 0.05) is 5.41 Å². The molecular weight excluding hydrogens is 132 g/mol. The molecule has 10 heavy (non-hydrogen) atoms. The maximum absolute atomic E-state index is 10.8. The van der Waals surface area contributed by atoms with E-state index in [-0.39, 0.29) is 23.8 Å². The van der Waals surface area contributed by atoms with E-state index in [0.29, 0.717) is 6.42 Å². The summed E-state index contributed by atoms with van der Waals surface area (Å²) in [6, 6.07) is 0. The fourth-order valence-corrected chi connectivity index (χ4v) is 1.39. The van der Waals surface area contributed by atoms with Crippen molar-refractivity contribution in [1.29, 1.82) is 0 Å². The smallest absolute Gasteiger partial charge is 0.308 e. The van der Waals surface area contributed by atoms with Crippen molar-refractivity contribution in [1.82, 2.24) is 0 Å². The highest BCUT2D eigenvalue weighted by Crippen LogP contribution is 2.45. The molecule has 0 aromatic rings. The molecule has 2 unspecified atom stereocenters. The molecule has 0 spiro atoms. The summed E-state index contributed by atoms with van der Waals surface area (Å²) in [5, 5.41) is 0. The lowest BCUT2D eigenvalue weighted by atomic mass is 9.84. The SMILES string of the molecule is CC1(C)CC(=O)OC2OC21. The fourth-order valence-electron chi connectivity index (χ4n) is 1.39. The third-order valence-corrected chi connectivity index (χ3v) is 2.07. The van der Waals surface area contributed by atoms with Crippen molar-refractivity contribution in [3.63, 3.8) is 0 Å². The Labute approximate surface area is 59.3 Å². The molecule has 0 radical (unpaired) electrons. The number of fused-ring (bicyclic) bond motifs is 1. The molecule has 0 aromatic carbocycles. The van der Waals surface area contributed by atoms with Crippen molar-refractivity contribution in [2.45, 2.75) is 32.7 Å². The molecule has 56 valence electrons. The molecule has 2 fully saturated rings. The molecule has 3 nitrogen and oxygen atoms in total. The van der Waals surface area contributed by atoms with Crippen LogP contribution in [0.1, 0.15) is 20.3 Å². The van der Waals surface area contributed by atoms with Crippen LogP contribution in [0.25, 0.3) is 0 Å². The van der Waals surface area contributed by atoms with Crippen LogP contribution in [0.5, 0.6) is 0 Å². The average molecular weight is 142 g/mol. The minimum Gasteiger partial charge on any atom is -0.433 e. The summed E-state index contributed by atoms with van der Waals surface area (Å²) in [5.74, 6) is -0.135. The van der Waals surface area contributed by atoms with Gasteiger partial charge in [0.25, 0.3) is 0 Å². The number of epoxide rings is 1. The van der Waals surface area contributed by atoms with Crippen molar-refractivity contribution >= 4 is 5.97 Å². The second-order valence-corrected chi connectivity index (χ2v) is 3.58. The van der Waals surface area contributed by atoms with Gasteiger partial charge in [-0.15, -0.1) is 0 Å². The standard InChI is InChI=1S/C7H10O3/c1-7(2)3-4(8)9-6-5(7)10-6/h5-6H,3H2,1-2H3. The Morgan fingerprint density at radius 1 is 1.60 bits per heavy atom. The van der Waals surface area contributed by atoms with E-state index in [1.165, 1.54) is 0 Å². The molecule has 2 heterocycles. The molecule has 2 atom stereocenters. The molecule has 0 bridgehead atoms. The van der Waals surface area contributed by atoms with Gasteiger partial charge in [-0.1, -0.05) is 13.8 Å². The first-order valence-corrected chi connectivity index (χ1v) is 3.44. The highest BCUT2D eigenvalue weighted by atomic mass is 16.8. The normalized spacial score (nSPS) is 42.0. The minimum atomic E-state index is -0.226. The second kappa shape index (κ2) is 1.53. The number of carbonyl (C=O) groups excluding carboxylic acids is 1. The molecule has 2 saturated heterocycles. The van der Waals surface area contributed by atoms with Crippen LogP contribution in [0.15, 0.2) is 0 Å². The van der Waals surface area contributed by atoms with E-state index in [1.807, 2.05) is 13.8 Å². The number of hydrogen-bond acceptors (Lipinski definition) is 3. The zero-order chi connectivity index (χ0) is 7.35. The summed E-state index contributed by atoms with van der Waals surface area (Å²) in [6.07, 6.45) is 0.412. The molecule has 2 rings (SSSR count). The Kier molecular flexibility index (Phi) is 0.944. The Morgan fingerprint density at radius 3 is 2.90 bits per heavy atom. The molecule has 3 heteroatoms. The summed E-state index contributed by atoms with van der Waals surface area (Å²) in [6.45, 7) is 4.05. The van der Waals surface area contributed by atoms with Crippen LogP contribution in [0, 0.1) is 5.41 Å². The lowest BCUT2D eigenvalue weighted by Gasteiger charge is -2.23. The van der Waals surface area contributed by atoms with E-state index in [2.05, 4.69) is 0 Å². The van der Waals surface area contributed by atoms with Crippen LogP contribution >= 0.6 is 0 Å². The Morgan fingerprint density at radius 2 is 2.30 bits per heavy atom. The lowest BCUT2D eigenvalue weighted by molar-refractivity contribution is -0.153. The van der Waals surface area contributed by atoms with Crippen molar-refractivity contribution in [2.24, 2.45) is 5.41 Å². The van der Waals surface area contributed by atoms with Crippen molar-refractivity contribution < 1.29 is 14.3 Å². The Hall–Kier alpha value is -0.570. The topological polar surface area (TPSA) is 38.8 Å². The van der Waals surface area contributed by atoms with Gasteiger partial charge >= 0.3 is 5.97 Å². The predicted octanol–water partition coefficient (Wildman–Crippen LogP) is 0.684. The first kappa shape index (κ1) is 6.16. The highest BCUT2D eigenvalue weighted by Gasteiger charge is 2.57. The van der Waals surface area contributed by atoms with Gasteiger partial charge in [0.15, 0.2) is 0 Å². The van der Waals surface area contributed by atoms with Gasteiger partial charge in [-0.25, -0.2) is 0 Å².